The second-order valence-corrected chi connectivity index (χ2v) is 6.13. The lowest BCUT2D eigenvalue weighted by Crippen LogP contribution is -2.42. The van der Waals surface area contributed by atoms with Crippen molar-refractivity contribution >= 4 is 0 Å². The van der Waals surface area contributed by atoms with Crippen molar-refractivity contribution in [1.29, 1.82) is 0 Å². The van der Waals surface area contributed by atoms with Gasteiger partial charge < -0.3 is 10.3 Å². The summed E-state index contributed by atoms with van der Waals surface area (Å²) in [7, 11) is 0. The van der Waals surface area contributed by atoms with Gasteiger partial charge in [-0.25, -0.2) is 0 Å². The van der Waals surface area contributed by atoms with E-state index in [0.717, 1.165) is 24.6 Å². The third-order valence-corrected chi connectivity index (χ3v) is 4.35. The topological polar surface area (TPSA) is 64.9 Å². The minimum absolute atomic E-state index is 0.350. The van der Waals surface area contributed by atoms with Gasteiger partial charge in [0.05, 0.1) is 5.54 Å². The molecule has 17 heavy (non-hydrogen) atoms. The van der Waals surface area contributed by atoms with Crippen LogP contribution in [0.15, 0.2) is 4.52 Å². The third-order valence-electron chi connectivity index (χ3n) is 4.35. The van der Waals surface area contributed by atoms with E-state index in [1.807, 2.05) is 0 Å². The van der Waals surface area contributed by atoms with Gasteiger partial charge in [-0.1, -0.05) is 31.8 Å². The summed E-state index contributed by atoms with van der Waals surface area (Å²) in [5, 5.41) is 4.13. The van der Waals surface area contributed by atoms with Crippen molar-refractivity contribution in [3.8, 4) is 0 Å². The Labute approximate surface area is 102 Å². The van der Waals surface area contributed by atoms with Crippen molar-refractivity contribution in [3.05, 3.63) is 11.7 Å². The number of hydrogen-bond donors (Lipinski definition) is 1. The molecular weight excluding hydrogens is 214 g/mol. The molecular formula is C13H21N3O. The summed E-state index contributed by atoms with van der Waals surface area (Å²) in [6.45, 7) is 4.47. The molecule has 0 radical (unpaired) electrons. The summed E-state index contributed by atoms with van der Waals surface area (Å²) >= 11 is 0. The Hall–Kier alpha value is -0.900. The zero-order valence-electron chi connectivity index (χ0n) is 10.6. The average Bonchev–Trinajstić information content (AvgIpc) is 2.80. The molecule has 0 aromatic carbocycles. The second kappa shape index (κ2) is 3.80. The van der Waals surface area contributed by atoms with Crippen LogP contribution >= 0.6 is 0 Å². The van der Waals surface area contributed by atoms with Crippen molar-refractivity contribution in [2.75, 3.05) is 0 Å². The summed E-state index contributed by atoms with van der Waals surface area (Å²) in [5.41, 5.74) is 6.10. The summed E-state index contributed by atoms with van der Waals surface area (Å²) in [5.74, 6) is 3.38. The van der Waals surface area contributed by atoms with E-state index in [-0.39, 0.29) is 5.54 Å². The molecule has 0 aliphatic heterocycles. The lowest BCUT2D eigenvalue weighted by Gasteiger charge is -2.33. The van der Waals surface area contributed by atoms with E-state index in [4.69, 9.17) is 10.3 Å². The normalized spacial score (nSPS) is 41.5. The van der Waals surface area contributed by atoms with Gasteiger partial charge in [-0.05, 0) is 31.1 Å². The number of nitrogens with two attached hydrogens (primary N) is 1. The van der Waals surface area contributed by atoms with Crippen LogP contribution in [0, 0.1) is 11.8 Å². The van der Waals surface area contributed by atoms with E-state index in [1.165, 1.54) is 19.3 Å². The van der Waals surface area contributed by atoms with Crippen molar-refractivity contribution in [2.45, 2.75) is 57.4 Å². The molecule has 4 heteroatoms. The molecule has 0 bridgehead atoms. The van der Waals surface area contributed by atoms with Crippen LogP contribution in [-0.4, -0.2) is 10.1 Å². The van der Waals surface area contributed by atoms with Crippen LogP contribution in [0.5, 0.6) is 0 Å². The molecule has 2 aliphatic carbocycles. The van der Waals surface area contributed by atoms with Gasteiger partial charge in [0.1, 0.15) is 0 Å². The first-order valence-electron chi connectivity index (χ1n) is 6.71. The Balaban J connectivity index is 1.80. The highest BCUT2D eigenvalue weighted by Gasteiger charge is 2.42. The van der Waals surface area contributed by atoms with Crippen molar-refractivity contribution in [3.63, 3.8) is 0 Å². The van der Waals surface area contributed by atoms with Crippen LogP contribution in [0.4, 0.5) is 0 Å². The second-order valence-electron chi connectivity index (χ2n) is 6.13. The van der Waals surface area contributed by atoms with Crippen LogP contribution in [0.3, 0.4) is 0 Å². The molecule has 4 nitrogen and oxygen atoms in total. The summed E-state index contributed by atoms with van der Waals surface area (Å²) in [6, 6.07) is 0. The fourth-order valence-corrected chi connectivity index (χ4v) is 3.05. The molecule has 0 spiro atoms. The fourth-order valence-electron chi connectivity index (χ4n) is 3.05. The summed E-state index contributed by atoms with van der Waals surface area (Å²) < 4.78 is 5.37. The molecule has 1 aromatic rings. The van der Waals surface area contributed by atoms with Crippen LogP contribution in [0.2, 0.25) is 0 Å². The lowest BCUT2D eigenvalue weighted by atomic mass is 9.76. The number of nitrogens with zero attached hydrogens (tertiary/aromatic N) is 2. The van der Waals surface area contributed by atoms with Crippen LogP contribution < -0.4 is 5.73 Å². The van der Waals surface area contributed by atoms with Gasteiger partial charge in [-0.2, -0.15) is 4.98 Å². The van der Waals surface area contributed by atoms with Gasteiger partial charge in [0.15, 0.2) is 5.82 Å². The zero-order chi connectivity index (χ0) is 12.0. The maximum atomic E-state index is 6.45. The first-order valence-corrected chi connectivity index (χ1v) is 6.71. The van der Waals surface area contributed by atoms with Gasteiger partial charge in [-0.15, -0.1) is 0 Å². The minimum Gasteiger partial charge on any atom is -0.339 e. The van der Waals surface area contributed by atoms with E-state index < -0.39 is 0 Å². The highest BCUT2D eigenvalue weighted by atomic mass is 16.5. The van der Waals surface area contributed by atoms with Crippen molar-refractivity contribution < 1.29 is 4.52 Å². The Bertz CT molecular complexity index is 417. The van der Waals surface area contributed by atoms with Crippen LogP contribution in [0.25, 0.3) is 0 Å². The van der Waals surface area contributed by atoms with Crippen LogP contribution in [-0.2, 0) is 5.54 Å². The SMILES string of the molecule is CC1CCCC(N)(c2noc(C3CC3C)n2)C1. The Morgan fingerprint density at radius 2 is 2.18 bits per heavy atom. The molecule has 94 valence electrons. The molecule has 2 saturated carbocycles. The van der Waals surface area contributed by atoms with E-state index in [1.54, 1.807) is 0 Å². The third kappa shape index (κ3) is 1.99. The molecule has 0 saturated heterocycles. The summed E-state index contributed by atoms with van der Waals surface area (Å²) in [4.78, 5) is 4.55. The van der Waals surface area contributed by atoms with Gasteiger partial charge in [-0.3, -0.25) is 0 Å². The maximum absolute atomic E-state index is 6.45. The molecule has 2 N–H and O–H groups in total. The molecule has 1 heterocycles. The highest BCUT2D eigenvalue weighted by molar-refractivity contribution is 5.11. The van der Waals surface area contributed by atoms with E-state index in [2.05, 4.69) is 24.0 Å². The first-order chi connectivity index (χ1) is 8.08. The predicted octanol–water partition coefficient (Wildman–Crippen LogP) is 2.56. The van der Waals surface area contributed by atoms with Crippen molar-refractivity contribution in [1.82, 2.24) is 10.1 Å². The number of aromatic nitrogens is 2. The monoisotopic (exact) mass is 235 g/mol. The Kier molecular flexibility index (Phi) is 2.51. The van der Waals surface area contributed by atoms with Gasteiger partial charge in [0.25, 0.3) is 0 Å². The number of rotatable bonds is 2. The highest BCUT2D eigenvalue weighted by Crippen LogP contribution is 2.46. The van der Waals surface area contributed by atoms with Gasteiger partial charge >= 0.3 is 0 Å². The summed E-state index contributed by atoms with van der Waals surface area (Å²) in [6.07, 6.45) is 5.57. The molecule has 3 rings (SSSR count). The zero-order valence-corrected chi connectivity index (χ0v) is 10.6. The largest absolute Gasteiger partial charge is 0.339 e. The molecule has 2 aliphatic rings. The lowest BCUT2D eigenvalue weighted by molar-refractivity contribution is 0.221. The quantitative estimate of drug-likeness (QED) is 0.855. The first kappa shape index (κ1) is 11.2. The Morgan fingerprint density at radius 3 is 2.82 bits per heavy atom. The van der Waals surface area contributed by atoms with E-state index in [9.17, 15) is 0 Å². The molecule has 1 aromatic heterocycles. The van der Waals surface area contributed by atoms with Gasteiger partial charge in [0, 0.05) is 5.92 Å². The smallest absolute Gasteiger partial charge is 0.230 e. The fraction of sp³-hybridized carbons (Fsp3) is 0.846. The molecule has 0 amide bonds. The minimum atomic E-state index is -0.350. The molecule has 4 unspecified atom stereocenters. The maximum Gasteiger partial charge on any atom is 0.230 e. The Morgan fingerprint density at radius 1 is 1.41 bits per heavy atom. The molecule has 4 atom stereocenters. The van der Waals surface area contributed by atoms with Crippen molar-refractivity contribution in [2.24, 2.45) is 17.6 Å². The number of hydrogen-bond acceptors (Lipinski definition) is 4. The van der Waals surface area contributed by atoms with Crippen LogP contribution in [0.1, 0.15) is 63.6 Å². The molecule has 2 fully saturated rings. The van der Waals surface area contributed by atoms with E-state index in [0.29, 0.717) is 17.8 Å². The van der Waals surface area contributed by atoms with Gasteiger partial charge in [0.2, 0.25) is 5.89 Å². The average molecular weight is 235 g/mol. The standard InChI is InChI=1S/C13H21N3O/c1-8-4-3-5-13(14,7-8)12-15-11(17-16-12)10-6-9(10)2/h8-10H,3-7,14H2,1-2H3. The predicted molar refractivity (Wildman–Crippen MR) is 64.3 cm³/mol. The van der Waals surface area contributed by atoms with E-state index >= 15 is 0 Å².